The van der Waals surface area contributed by atoms with Crippen LogP contribution in [0.25, 0.3) is 0 Å². The molecule has 18 heavy (non-hydrogen) atoms. The summed E-state index contributed by atoms with van der Waals surface area (Å²) in [5.74, 6) is 11.3. The van der Waals surface area contributed by atoms with Crippen molar-refractivity contribution in [3.8, 4) is 0 Å². The second kappa shape index (κ2) is 5.37. The summed E-state index contributed by atoms with van der Waals surface area (Å²) in [4.78, 5) is 0. The van der Waals surface area contributed by atoms with Crippen molar-refractivity contribution in [2.75, 3.05) is 25.1 Å². The maximum absolute atomic E-state index is 5.92. The molecule has 0 bridgehead atoms. The standard InChI is InChI=1S/C13H21N5/c1-18(15)12-5-3-2-4-11(12)13(10-17-14)6-8-16-9-7-13/h2-5,10,16H,6-9,14-15H2,1H3/b17-10+. The van der Waals surface area contributed by atoms with Gasteiger partial charge in [-0.25, -0.2) is 5.84 Å². The number of piperidine rings is 1. The molecule has 0 radical (unpaired) electrons. The molecular weight excluding hydrogens is 226 g/mol. The third-order valence-corrected chi connectivity index (χ3v) is 3.64. The Morgan fingerprint density at radius 2 is 2.00 bits per heavy atom. The molecule has 5 heteroatoms. The van der Waals surface area contributed by atoms with E-state index < -0.39 is 0 Å². The summed E-state index contributed by atoms with van der Waals surface area (Å²) in [6.45, 7) is 1.93. The summed E-state index contributed by atoms with van der Waals surface area (Å²) < 4.78 is 0. The molecule has 0 aromatic heterocycles. The van der Waals surface area contributed by atoms with Crippen molar-refractivity contribution >= 4 is 11.9 Å². The number of para-hydroxylation sites is 1. The molecule has 0 saturated carbocycles. The van der Waals surface area contributed by atoms with Gasteiger partial charge in [-0.05, 0) is 37.6 Å². The van der Waals surface area contributed by atoms with E-state index in [0.717, 1.165) is 31.6 Å². The Balaban J connectivity index is 2.48. The predicted molar refractivity (Wildman–Crippen MR) is 75.5 cm³/mol. The van der Waals surface area contributed by atoms with Gasteiger partial charge in [0.1, 0.15) is 0 Å². The van der Waals surface area contributed by atoms with Gasteiger partial charge in [0.15, 0.2) is 0 Å². The molecule has 1 aliphatic rings. The summed E-state index contributed by atoms with van der Waals surface area (Å²) in [6, 6.07) is 8.18. The van der Waals surface area contributed by atoms with Crippen molar-refractivity contribution in [1.29, 1.82) is 0 Å². The van der Waals surface area contributed by atoms with Gasteiger partial charge >= 0.3 is 0 Å². The Kier molecular flexibility index (Phi) is 3.84. The molecule has 0 aliphatic carbocycles. The van der Waals surface area contributed by atoms with Gasteiger partial charge in [-0.3, -0.25) is 0 Å². The first kappa shape index (κ1) is 12.9. The minimum atomic E-state index is -0.107. The van der Waals surface area contributed by atoms with Crippen molar-refractivity contribution < 1.29 is 0 Å². The average molecular weight is 247 g/mol. The Bertz CT molecular complexity index is 421. The van der Waals surface area contributed by atoms with E-state index in [4.69, 9.17) is 11.7 Å². The Labute approximate surface area is 108 Å². The number of hydrogen-bond acceptors (Lipinski definition) is 5. The molecule has 1 saturated heterocycles. The second-order valence-electron chi connectivity index (χ2n) is 4.81. The number of nitrogens with zero attached hydrogens (tertiary/aromatic N) is 2. The minimum absolute atomic E-state index is 0.107. The number of hydrogen-bond donors (Lipinski definition) is 3. The van der Waals surface area contributed by atoms with Gasteiger partial charge < -0.3 is 16.2 Å². The largest absolute Gasteiger partial charge is 0.324 e. The smallest absolute Gasteiger partial charge is 0.0555 e. The summed E-state index contributed by atoms with van der Waals surface area (Å²) in [6.07, 6.45) is 3.84. The van der Waals surface area contributed by atoms with E-state index in [9.17, 15) is 0 Å². The van der Waals surface area contributed by atoms with Crippen LogP contribution in [-0.2, 0) is 5.41 Å². The van der Waals surface area contributed by atoms with E-state index in [0.29, 0.717) is 0 Å². The normalized spacial score (nSPS) is 19.0. The molecule has 1 aliphatic heterocycles. The summed E-state index contributed by atoms with van der Waals surface area (Å²) in [5.41, 5.74) is 2.12. The second-order valence-corrected chi connectivity index (χ2v) is 4.81. The zero-order valence-corrected chi connectivity index (χ0v) is 10.8. The molecule has 1 aromatic rings. The highest BCUT2D eigenvalue weighted by molar-refractivity contribution is 5.77. The minimum Gasteiger partial charge on any atom is -0.324 e. The van der Waals surface area contributed by atoms with Crippen LogP contribution in [0.4, 0.5) is 5.69 Å². The number of nitrogens with two attached hydrogens (primary N) is 2. The topological polar surface area (TPSA) is 79.7 Å². The zero-order valence-electron chi connectivity index (χ0n) is 10.8. The van der Waals surface area contributed by atoms with Gasteiger partial charge in [-0.2, -0.15) is 5.10 Å². The van der Waals surface area contributed by atoms with Crippen LogP contribution in [-0.4, -0.2) is 26.4 Å². The maximum Gasteiger partial charge on any atom is 0.0555 e. The molecule has 0 unspecified atom stereocenters. The van der Waals surface area contributed by atoms with Crippen molar-refractivity contribution in [1.82, 2.24) is 5.32 Å². The molecule has 98 valence electrons. The Hall–Kier alpha value is -1.59. The molecule has 1 aromatic carbocycles. The van der Waals surface area contributed by atoms with Gasteiger partial charge in [0.25, 0.3) is 0 Å². The summed E-state index contributed by atoms with van der Waals surface area (Å²) >= 11 is 0. The van der Waals surface area contributed by atoms with Crippen LogP contribution < -0.4 is 22.0 Å². The monoisotopic (exact) mass is 247 g/mol. The lowest BCUT2D eigenvalue weighted by molar-refractivity contribution is 0.403. The van der Waals surface area contributed by atoms with E-state index in [1.807, 2.05) is 31.5 Å². The molecule has 2 rings (SSSR count). The van der Waals surface area contributed by atoms with Crippen LogP contribution in [0, 0.1) is 0 Å². The van der Waals surface area contributed by atoms with Gasteiger partial charge in [-0.1, -0.05) is 18.2 Å². The van der Waals surface area contributed by atoms with Gasteiger partial charge in [0, 0.05) is 18.7 Å². The molecular formula is C13H21N5. The third kappa shape index (κ3) is 2.32. The van der Waals surface area contributed by atoms with Crippen LogP contribution >= 0.6 is 0 Å². The van der Waals surface area contributed by atoms with Crippen molar-refractivity contribution in [3.63, 3.8) is 0 Å². The zero-order chi connectivity index (χ0) is 13.0. The molecule has 1 fully saturated rings. The van der Waals surface area contributed by atoms with E-state index in [2.05, 4.69) is 16.5 Å². The van der Waals surface area contributed by atoms with E-state index in [1.54, 1.807) is 5.01 Å². The van der Waals surface area contributed by atoms with Crippen molar-refractivity contribution in [2.45, 2.75) is 18.3 Å². The van der Waals surface area contributed by atoms with Crippen LogP contribution in [0.1, 0.15) is 18.4 Å². The van der Waals surface area contributed by atoms with E-state index >= 15 is 0 Å². The highest BCUT2D eigenvalue weighted by Crippen LogP contribution is 2.36. The van der Waals surface area contributed by atoms with Crippen molar-refractivity contribution in [3.05, 3.63) is 29.8 Å². The molecule has 1 heterocycles. The highest BCUT2D eigenvalue weighted by atomic mass is 15.4. The fourth-order valence-electron chi connectivity index (χ4n) is 2.69. The molecule has 5 nitrogen and oxygen atoms in total. The first-order chi connectivity index (χ1) is 8.69. The van der Waals surface area contributed by atoms with Gasteiger partial charge in [-0.15, -0.1) is 0 Å². The molecule has 0 spiro atoms. The van der Waals surface area contributed by atoms with Gasteiger partial charge in [0.05, 0.1) is 5.69 Å². The first-order valence-corrected chi connectivity index (χ1v) is 6.23. The lowest BCUT2D eigenvalue weighted by atomic mass is 9.73. The SMILES string of the molecule is CN(N)c1ccccc1C1(/C=N/N)CCNCC1. The lowest BCUT2D eigenvalue weighted by Crippen LogP contribution is -2.42. The fraction of sp³-hybridized carbons (Fsp3) is 0.462. The third-order valence-electron chi connectivity index (χ3n) is 3.64. The highest BCUT2D eigenvalue weighted by Gasteiger charge is 2.34. The lowest BCUT2D eigenvalue weighted by Gasteiger charge is -2.36. The van der Waals surface area contributed by atoms with Crippen LogP contribution in [0.2, 0.25) is 0 Å². The number of benzene rings is 1. The van der Waals surface area contributed by atoms with E-state index in [-0.39, 0.29) is 5.41 Å². The van der Waals surface area contributed by atoms with Crippen LogP contribution in [0.5, 0.6) is 0 Å². The maximum atomic E-state index is 5.92. The van der Waals surface area contributed by atoms with Crippen LogP contribution in [0.3, 0.4) is 0 Å². The number of rotatable bonds is 3. The predicted octanol–water partition coefficient (Wildman–Crippen LogP) is 0.562. The fourth-order valence-corrected chi connectivity index (χ4v) is 2.69. The van der Waals surface area contributed by atoms with E-state index in [1.165, 1.54) is 5.56 Å². The number of nitrogens with one attached hydrogen (secondary N) is 1. The number of hydrazone groups is 1. The van der Waals surface area contributed by atoms with Gasteiger partial charge in [0.2, 0.25) is 0 Å². The van der Waals surface area contributed by atoms with Crippen LogP contribution in [0.15, 0.2) is 29.4 Å². The molecule has 0 amide bonds. The summed E-state index contributed by atoms with van der Waals surface area (Å²) in [5, 5.41) is 8.82. The Morgan fingerprint density at radius 3 is 2.61 bits per heavy atom. The quantitative estimate of drug-likeness (QED) is 0.414. The Morgan fingerprint density at radius 1 is 1.33 bits per heavy atom. The molecule has 0 atom stereocenters. The molecule has 5 N–H and O–H groups in total. The number of hydrazine groups is 1. The van der Waals surface area contributed by atoms with Crippen molar-refractivity contribution in [2.24, 2.45) is 16.8 Å². The first-order valence-electron chi connectivity index (χ1n) is 6.23. The number of anilines is 1. The average Bonchev–Trinajstić information content (AvgIpc) is 2.40. The summed E-state index contributed by atoms with van der Waals surface area (Å²) in [7, 11) is 1.85.